The molecular formula is C47H52Cl2FNO10S2. The van der Waals surface area contributed by atoms with E-state index in [1.54, 1.807) is 36.9 Å². The summed E-state index contributed by atoms with van der Waals surface area (Å²) in [7, 11) is -4.99. The lowest BCUT2D eigenvalue weighted by atomic mass is 10.1. The third kappa shape index (κ3) is 16.4. The summed E-state index contributed by atoms with van der Waals surface area (Å²) < 4.78 is 63.0. The molecule has 2 unspecified atom stereocenters. The molecule has 338 valence electrons. The molecule has 1 amide bonds. The molecule has 11 nitrogen and oxygen atoms in total. The Morgan fingerprint density at radius 2 is 1.38 bits per heavy atom. The fourth-order valence-electron chi connectivity index (χ4n) is 5.24. The Hall–Kier alpha value is -5.38. The molecule has 4 aromatic rings. The number of hydrogen-bond donors (Lipinski definition) is 2. The molecular weight excluding hydrogens is 893 g/mol. The predicted octanol–water partition coefficient (Wildman–Crippen LogP) is 9.53. The van der Waals surface area contributed by atoms with Crippen LogP contribution in [-0.2, 0) is 30.2 Å². The summed E-state index contributed by atoms with van der Waals surface area (Å²) in [6, 6.07) is 17.8. The van der Waals surface area contributed by atoms with E-state index in [-0.39, 0.29) is 33.4 Å². The van der Waals surface area contributed by atoms with Crippen LogP contribution in [0.25, 0.3) is 0 Å². The molecule has 0 aliphatic carbocycles. The Kier molecular flexibility index (Phi) is 22.4. The number of aliphatic carboxylic acids is 2. The zero-order valence-electron chi connectivity index (χ0n) is 36.4. The van der Waals surface area contributed by atoms with Gasteiger partial charge in [0.2, 0.25) is 0 Å². The highest BCUT2D eigenvalue weighted by molar-refractivity contribution is 7.92. The summed E-state index contributed by atoms with van der Waals surface area (Å²) in [4.78, 5) is 37.0. The van der Waals surface area contributed by atoms with E-state index in [4.69, 9.17) is 42.9 Å². The Morgan fingerprint density at radius 1 is 0.794 bits per heavy atom. The molecule has 0 aliphatic heterocycles. The number of rotatable bonds is 15. The van der Waals surface area contributed by atoms with Crippen LogP contribution in [0.4, 0.5) is 4.39 Å². The van der Waals surface area contributed by atoms with Gasteiger partial charge in [-0.05, 0) is 113 Å². The molecule has 0 radical (unpaired) electrons. The quantitative estimate of drug-likeness (QED) is 0.110. The van der Waals surface area contributed by atoms with Crippen molar-refractivity contribution in [2.45, 2.75) is 89.4 Å². The van der Waals surface area contributed by atoms with Crippen LogP contribution in [0.1, 0.15) is 101 Å². The molecule has 0 bridgehead atoms. The monoisotopic (exact) mass is 943 g/mol. The number of carbonyl (C=O) groups excluding carboxylic acids is 1. The molecule has 0 spiro atoms. The van der Waals surface area contributed by atoms with Crippen molar-refractivity contribution in [3.05, 3.63) is 116 Å². The third-order valence-corrected chi connectivity index (χ3v) is 12.7. The van der Waals surface area contributed by atoms with Gasteiger partial charge in [-0.15, -0.1) is 0 Å². The maximum absolute atomic E-state index is 14.1. The van der Waals surface area contributed by atoms with Crippen LogP contribution >= 0.6 is 23.2 Å². The Morgan fingerprint density at radius 3 is 1.94 bits per heavy atom. The van der Waals surface area contributed by atoms with Crippen molar-refractivity contribution in [3.63, 3.8) is 0 Å². The van der Waals surface area contributed by atoms with Crippen molar-refractivity contribution in [2.24, 2.45) is 0 Å². The summed E-state index contributed by atoms with van der Waals surface area (Å²) in [6.45, 7) is 14.7. The van der Waals surface area contributed by atoms with E-state index in [2.05, 4.69) is 23.7 Å². The first kappa shape index (κ1) is 53.8. The molecule has 0 aliphatic rings. The van der Waals surface area contributed by atoms with Crippen molar-refractivity contribution in [3.8, 4) is 35.2 Å². The lowest BCUT2D eigenvalue weighted by molar-refractivity contribution is -0.144. The molecule has 4 rings (SSSR count). The van der Waals surface area contributed by atoms with Gasteiger partial charge in [0.05, 0.1) is 43.2 Å². The fraction of sp³-hybridized carbons (Fsp3) is 0.340. The number of sulfone groups is 1. The van der Waals surface area contributed by atoms with Crippen molar-refractivity contribution in [1.29, 1.82) is 0 Å². The summed E-state index contributed by atoms with van der Waals surface area (Å²) in [5.74, 6) is 9.00. The standard InChI is InChI=1S/C25H28ClNO6S.C20H18ClFO4S.C2H6/c1-5-13-27(6-2)25(30)21-11-8-18(14-23(21)34(31,32)17(3)4)7-9-19-15-20(26)10-12-22(19)33-16-24(28)29;1-3-10-27(25)17-7-8-18(22)14(12-17)4-5-15-11-16(21)6-9-19(15)26-13(2)20(23)24;1-2/h8,10-12,14-15,17H,5-6,13,16H2,1-4H3,(H,28,29);6-9,11-13H,3,10H2,1-2H3,(H,23,24);1-2H3. The van der Waals surface area contributed by atoms with E-state index in [9.17, 15) is 31.4 Å². The number of halogens is 3. The first-order valence-electron chi connectivity index (χ1n) is 20.0. The molecule has 0 aromatic heterocycles. The van der Waals surface area contributed by atoms with Crippen LogP contribution in [0.2, 0.25) is 10.0 Å². The predicted molar refractivity (Wildman–Crippen MR) is 246 cm³/mol. The smallest absolute Gasteiger partial charge is 0.344 e. The number of nitrogens with zero attached hydrogens (tertiary/aromatic N) is 1. The molecule has 4 aromatic carbocycles. The number of carboxylic acids is 2. The Bertz CT molecular complexity index is 2510. The van der Waals surface area contributed by atoms with Crippen LogP contribution in [0.5, 0.6) is 11.5 Å². The van der Waals surface area contributed by atoms with Crippen molar-refractivity contribution in [1.82, 2.24) is 4.90 Å². The minimum absolute atomic E-state index is 0.0673. The minimum Gasteiger partial charge on any atom is -0.481 e. The molecule has 0 saturated carbocycles. The second kappa shape index (κ2) is 26.3. The Labute approximate surface area is 382 Å². The third-order valence-electron chi connectivity index (χ3n) is 8.45. The number of carbonyl (C=O) groups is 3. The van der Waals surface area contributed by atoms with Crippen molar-refractivity contribution >= 4 is 61.7 Å². The highest BCUT2D eigenvalue weighted by Crippen LogP contribution is 2.27. The van der Waals surface area contributed by atoms with E-state index in [1.807, 2.05) is 34.6 Å². The summed E-state index contributed by atoms with van der Waals surface area (Å²) >= 11 is 12.0. The molecule has 0 heterocycles. The topological polar surface area (TPSA) is 165 Å². The van der Waals surface area contributed by atoms with Crippen LogP contribution < -0.4 is 9.47 Å². The number of benzene rings is 4. The first-order valence-corrected chi connectivity index (χ1v) is 23.7. The SMILES string of the molecule is CC.CCCN(CC)C(=O)c1ccc(C#Cc2cc(Cl)ccc2OCC(=O)O)cc1S(=O)(=O)C(C)C.CCCS(=O)c1ccc(F)c(C#Cc2cc(Cl)ccc2OC(C)C(=O)O)c1. The van der Waals surface area contributed by atoms with E-state index < -0.39 is 56.4 Å². The zero-order chi connectivity index (χ0) is 47.4. The number of carboxylic acid groups (broad SMARTS) is 2. The summed E-state index contributed by atoms with van der Waals surface area (Å²) in [6.07, 6.45) is 0.417. The molecule has 2 atom stereocenters. The highest BCUT2D eigenvalue weighted by atomic mass is 35.5. The number of hydrogen-bond acceptors (Lipinski definition) is 8. The van der Waals surface area contributed by atoms with Gasteiger partial charge in [0, 0.05) is 39.3 Å². The lowest BCUT2D eigenvalue weighted by Crippen LogP contribution is -2.33. The summed E-state index contributed by atoms with van der Waals surface area (Å²) in [5.41, 5.74) is 1.26. The lowest BCUT2D eigenvalue weighted by Gasteiger charge is -2.22. The zero-order valence-corrected chi connectivity index (χ0v) is 39.5. The van der Waals surface area contributed by atoms with Gasteiger partial charge >= 0.3 is 11.9 Å². The number of ether oxygens (including phenoxy) is 2. The fourth-order valence-corrected chi connectivity index (χ4v) is 7.92. The van der Waals surface area contributed by atoms with Crippen LogP contribution in [0.15, 0.2) is 82.6 Å². The van der Waals surface area contributed by atoms with Crippen molar-refractivity contribution < 1.29 is 51.1 Å². The van der Waals surface area contributed by atoms with E-state index in [0.717, 1.165) is 12.8 Å². The molecule has 0 fully saturated rings. The highest BCUT2D eigenvalue weighted by Gasteiger charge is 2.28. The van der Waals surface area contributed by atoms with Gasteiger partial charge in [-0.25, -0.2) is 22.4 Å². The molecule has 2 N–H and O–H groups in total. The summed E-state index contributed by atoms with van der Waals surface area (Å²) in [5, 5.41) is 17.9. The van der Waals surface area contributed by atoms with Gasteiger partial charge in [0.25, 0.3) is 5.91 Å². The van der Waals surface area contributed by atoms with Gasteiger partial charge in [-0.3, -0.25) is 9.00 Å². The van der Waals surface area contributed by atoms with E-state index in [0.29, 0.717) is 50.5 Å². The van der Waals surface area contributed by atoms with Gasteiger partial charge < -0.3 is 24.6 Å². The van der Waals surface area contributed by atoms with Gasteiger partial charge in [-0.2, -0.15) is 0 Å². The minimum atomic E-state index is -3.77. The van der Waals surface area contributed by atoms with Crippen molar-refractivity contribution in [2.75, 3.05) is 25.4 Å². The number of amides is 1. The molecule has 16 heteroatoms. The van der Waals surface area contributed by atoms with Crippen LogP contribution in [-0.4, -0.2) is 82.4 Å². The molecule has 63 heavy (non-hydrogen) atoms. The normalized spacial score (nSPS) is 11.4. The van der Waals surface area contributed by atoms with Gasteiger partial charge in [0.1, 0.15) is 17.3 Å². The maximum atomic E-state index is 14.1. The first-order chi connectivity index (χ1) is 29.8. The maximum Gasteiger partial charge on any atom is 0.344 e. The Balaban J connectivity index is 0.000000427. The molecule has 0 saturated heterocycles. The van der Waals surface area contributed by atoms with E-state index in [1.165, 1.54) is 61.5 Å². The van der Waals surface area contributed by atoms with E-state index >= 15 is 0 Å². The van der Waals surface area contributed by atoms with Gasteiger partial charge in [-0.1, -0.05) is 74.6 Å². The largest absolute Gasteiger partial charge is 0.481 e. The van der Waals surface area contributed by atoms with Gasteiger partial charge in [0.15, 0.2) is 22.5 Å². The second-order valence-corrected chi connectivity index (χ2v) is 18.4. The van der Waals surface area contributed by atoms with Crippen LogP contribution in [0.3, 0.4) is 0 Å². The average molecular weight is 945 g/mol. The van der Waals surface area contributed by atoms with Crippen LogP contribution in [0, 0.1) is 29.5 Å². The average Bonchev–Trinajstić information content (AvgIpc) is 3.25. The second-order valence-electron chi connectivity index (χ2n) is 13.4.